The molecule has 1 saturated heterocycles. The summed E-state index contributed by atoms with van der Waals surface area (Å²) in [6.45, 7) is 2.16. The lowest BCUT2D eigenvalue weighted by Gasteiger charge is -2.24. The molecule has 3 aromatic carbocycles. The Labute approximate surface area is 236 Å². The summed E-state index contributed by atoms with van der Waals surface area (Å²) in [6, 6.07) is 16.1. The summed E-state index contributed by atoms with van der Waals surface area (Å²) in [5.74, 6) is -0.693. The number of hydrogen-bond acceptors (Lipinski definition) is 7. The number of esters is 1. The molecule has 1 fully saturated rings. The van der Waals surface area contributed by atoms with E-state index < -0.39 is 29.6 Å². The van der Waals surface area contributed by atoms with Crippen LogP contribution in [0.2, 0.25) is 0 Å². The van der Waals surface area contributed by atoms with Crippen molar-refractivity contribution >= 4 is 46.5 Å². The van der Waals surface area contributed by atoms with Crippen LogP contribution < -0.4 is 19.7 Å². The van der Waals surface area contributed by atoms with E-state index in [0.717, 1.165) is 5.56 Å². The number of hydrogen-bond donors (Lipinski definition) is 1. The largest absolute Gasteiger partial charge is 0.493 e. The van der Waals surface area contributed by atoms with Crippen LogP contribution in [0.1, 0.15) is 29.3 Å². The first-order chi connectivity index (χ1) is 19.2. The molecule has 1 N–H and O–H groups in total. The van der Waals surface area contributed by atoms with Crippen molar-refractivity contribution in [2.45, 2.75) is 25.9 Å². The first-order valence-corrected chi connectivity index (χ1v) is 12.8. The van der Waals surface area contributed by atoms with E-state index in [-0.39, 0.29) is 24.7 Å². The molecule has 9 nitrogen and oxygen atoms in total. The van der Waals surface area contributed by atoms with Gasteiger partial charge in [0.2, 0.25) is 5.91 Å². The molecule has 40 heavy (non-hydrogen) atoms. The smallest absolute Gasteiger partial charge is 0.338 e. The van der Waals surface area contributed by atoms with Gasteiger partial charge in [0, 0.05) is 12.2 Å². The minimum Gasteiger partial charge on any atom is -0.493 e. The Morgan fingerprint density at radius 2 is 1.65 bits per heavy atom. The normalized spacial score (nSPS) is 14.8. The molecular formula is C29H28FN3O6S. The topological polar surface area (TPSA) is 97.4 Å². The van der Waals surface area contributed by atoms with Gasteiger partial charge >= 0.3 is 5.97 Å². The second-order valence-electron chi connectivity index (χ2n) is 8.82. The fourth-order valence-electron chi connectivity index (χ4n) is 4.31. The Morgan fingerprint density at radius 1 is 0.975 bits per heavy atom. The maximum atomic E-state index is 13.7. The van der Waals surface area contributed by atoms with Crippen LogP contribution in [0, 0.1) is 5.82 Å². The first-order valence-electron chi connectivity index (χ1n) is 12.4. The molecular weight excluding hydrogens is 537 g/mol. The third-order valence-corrected chi connectivity index (χ3v) is 6.68. The first kappa shape index (κ1) is 28.5. The van der Waals surface area contributed by atoms with Gasteiger partial charge in [-0.3, -0.25) is 14.5 Å². The number of nitrogens with one attached hydrogen (secondary N) is 1. The number of amides is 2. The van der Waals surface area contributed by atoms with Gasteiger partial charge in [-0.1, -0.05) is 6.07 Å². The van der Waals surface area contributed by atoms with E-state index in [1.165, 1.54) is 43.4 Å². The van der Waals surface area contributed by atoms with Crippen molar-refractivity contribution in [1.82, 2.24) is 4.90 Å². The van der Waals surface area contributed by atoms with Gasteiger partial charge < -0.3 is 24.4 Å². The quantitative estimate of drug-likeness (QED) is 0.283. The van der Waals surface area contributed by atoms with E-state index in [1.807, 2.05) is 6.07 Å². The number of carbonyl (C=O) groups excluding carboxylic acids is 3. The molecule has 3 aromatic rings. The van der Waals surface area contributed by atoms with Crippen LogP contribution in [0.5, 0.6) is 11.5 Å². The van der Waals surface area contributed by atoms with E-state index in [4.69, 9.17) is 26.4 Å². The van der Waals surface area contributed by atoms with Crippen LogP contribution in [0.3, 0.4) is 0 Å². The van der Waals surface area contributed by atoms with Crippen LogP contribution in [-0.2, 0) is 20.9 Å². The van der Waals surface area contributed by atoms with E-state index >= 15 is 0 Å². The van der Waals surface area contributed by atoms with E-state index in [9.17, 15) is 18.8 Å². The van der Waals surface area contributed by atoms with Crippen molar-refractivity contribution in [2.75, 3.05) is 31.0 Å². The van der Waals surface area contributed by atoms with Crippen LogP contribution in [0.25, 0.3) is 0 Å². The Kier molecular flexibility index (Phi) is 8.95. The van der Waals surface area contributed by atoms with Crippen molar-refractivity contribution in [1.29, 1.82) is 0 Å². The van der Waals surface area contributed by atoms with Crippen molar-refractivity contribution in [3.63, 3.8) is 0 Å². The van der Waals surface area contributed by atoms with Gasteiger partial charge in [-0.15, -0.1) is 0 Å². The molecule has 2 amide bonds. The predicted octanol–water partition coefficient (Wildman–Crippen LogP) is 4.55. The zero-order valence-electron chi connectivity index (χ0n) is 22.2. The molecule has 208 valence electrons. The van der Waals surface area contributed by atoms with E-state index in [0.29, 0.717) is 28.4 Å². The minimum absolute atomic E-state index is 0.197. The van der Waals surface area contributed by atoms with Gasteiger partial charge in [0.15, 0.2) is 16.6 Å². The fourth-order valence-corrected chi connectivity index (χ4v) is 4.70. The monoisotopic (exact) mass is 565 g/mol. The molecule has 1 aliphatic heterocycles. The average molecular weight is 566 g/mol. The third kappa shape index (κ3) is 6.20. The molecule has 0 aromatic heterocycles. The summed E-state index contributed by atoms with van der Waals surface area (Å²) >= 11 is 5.74. The summed E-state index contributed by atoms with van der Waals surface area (Å²) in [4.78, 5) is 41.8. The Morgan fingerprint density at radius 3 is 2.27 bits per heavy atom. The van der Waals surface area contributed by atoms with Crippen LogP contribution >= 0.6 is 12.2 Å². The zero-order chi connectivity index (χ0) is 28.8. The summed E-state index contributed by atoms with van der Waals surface area (Å²) in [6.07, 6.45) is -0.207. The maximum Gasteiger partial charge on any atom is 0.338 e. The summed E-state index contributed by atoms with van der Waals surface area (Å²) in [7, 11) is 3.06. The summed E-state index contributed by atoms with van der Waals surface area (Å²) in [5, 5.41) is 2.90. The number of nitrogens with zero attached hydrogens (tertiary/aromatic N) is 2. The maximum absolute atomic E-state index is 13.7. The lowest BCUT2D eigenvalue weighted by atomic mass is 10.1. The van der Waals surface area contributed by atoms with Crippen molar-refractivity contribution < 1.29 is 33.0 Å². The molecule has 0 bridgehead atoms. The number of rotatable bonds is 10. The van der Waals surface area contributed by atoms with Gasteiger partial charge in [0.1, 0.15) is 11.9 Å². The van der Waals surface area contributed by atoms with Crippen molar-refractivity contribution in [3.05, 3.63) is 83.7 Å². The second kappa shape index (κ2) is 12.6. The number of thiocarbonyl (C=S) groups is 1. The third-order valence-electron chi connectivity index (χ3n) is 6.26. The molecule has 0 aliphatic carbocycles. The molecule has 0 radical (unpaired) electrons. The molecule has 0 unspecified atom stereocenters. The van der Waals surface area contributed by atoms with Gasteiger partial charge in [0.05, 0.1) is 38.5 Å². The van der Waals surface area contributed by atoms with E-state index in [1.54, 1.807) is 48.2 Å². The lowest BCUT2D eigenvalue weighted by Crippen LogP contribution is -2.37. The van der Waals surface area contributed by atoms with E-state index in [2.05, 4.69) is 5.32 Å². The van der Waals surface area contributed by atoms with Crippen LogP contribution in [0.4, 0.5) is 15.8 Å². The summed E-state index contributed by atoms with van der Waals surface area (Å²) < 4.78 is 29.1. The second-order valence-corrected chi connectivity index (χ2v) is 9.18. The number of ether oxygens (including phenoxy) is 3. The molecule has 1 atom stereocenters. The Hall–Kier alpha value is -4.51. The molecule has 0 saturated carbocycles. The highest BCUT2D eigenvalue weighted by Gasteiger charge is 2.44. The summed E-state index contributed by atoms with van der Waals surface area (Å²) in [5.41, 5.74) is 1.95. The molecule has 4 rings (SSSR count). The van der Waals surface area contributed by atoms with Crippen molar-refractivity contribution in [3.8, 4) is 11.5 Å². The fraction of sp³-hybridized carbons (Fsp3) is 0.241. The number of halogens is 1. The SMILES string of the molecule is CCOC(=O)c1ccc(N2C(=O)[C@H](CC(=O)Nc3ccc(F)cc3)N(Cc3ccc(OC)c(OC)c3)C2=S)cc1. The standard InChI is InChI=1S/C29H28FN3O6S/c1-4-39-28(36)19-6-12-22(13-7-19)33-27(35)23(16-26(34)31-21-10-8-20(30)9-11-21)32(29(33)40)17-18-5-14-24(37-2)25(15-18)38-3/h5-15,23H,4,16-17H2,1-3H3,(H,31,34)/t23-/m0/s1. The minimum atomic E-state index is -0.925. The van der Waals surface area contributed by atoms with Crippen molar-refractivity contribution in [2.24, 2.45) is 0 Å². The highest BCUT2D eigenvalue weighted by atomic mass is 32.1. The average Bonchev–Trinajstić information content (AvgIpc) is 3.18. The van der Waals surface area contributed by atoms with Gasteiger partial charge in [0.25, 0.3) is 5.91 Å². The van der Waals surface area contributed by atoms with Crippen LogP contribution in [0.15, 0.2) is 66.7 Å². The number of carbonyl (C=O) groups is 3. The highest BCUT2D eigenvalue weighted by Crippen LogP contribution is 2.32. The molecule has 1 aliphatic rings. The zero-order valence-corrected chi connectivity index (χ0v) is 23.0. The molecule has 1 heterocycles. The highest BCUT2D eigenvalue weighted by molar-refractivity contribution is 7.80. The lowest BCUT2D eigenvalue weighted by molar-refractivity contribution is -0.124. The number of anilines is 2. The van der Waals surface area contributed by atoms with Gasteiger partial charge in [-0.25, -0.2) is 9.18 Å². The van der Waals surface area contributed by atoms with Crippen LogP contribution in [-0.4, -0.2) is 54.7 Å². The predicted molar refractivity (Wildman–Crippen MR) is 151 cm³/mol. The van der Waals surface area contributed by atoms with Gasteiger partial charge in [-0.05, 0) is 85.4 Å². The Balaban J connectivity index is 1.62. The van der Waals surface area contributed by atoms with Gasteiger partial charge in [-0.2, -0.15) is 0 Å². The number of methoxy groups -OCH3 is 2. The Bertz CT molecular complexity index is 1410. The molecule has 0 spiro atoms. The number of benzene rings is 3. The molecule has 11 heteroatoms.